The van der Waals surface area contributed by atoms with Crippen LogP contribution in [0, 0.1) is 0 Å². The zero-order valence-corrected chi connectivity index (χ0v) is 4.13. The number of allylic oxidation sites excluding steroid dienone is 2. The molecule has 1 aliphatic rings. The van der Waals surface area contributed by atoms with Crippen LogP contribution in [-0.2, 0) is 0 Å². The molecule has 0 amide bonds. The molecule has 0 bridgehead atoms. The highest BCUT2D eigenvalue weighted by molar-refractivity contribution is 5.17. The molecule has 0 aliphatic heterocycles. The second-order valence-corrected chi connectivity index (χ2v) is 1.77. The van der Waals surface area contributed by atoms with Gasteiger partial charge in [-0.1, -0.05) is 6.08 Å². The molecule has 0 nitrogen and oxygen atoms in total. The maximum atomic E-state index is 11.4. The predicted molar refractivity (Wildman–Crippen MR) is 23.4 cm³/mol. The van der Waals surface area contributed by atoms with Crippen LogP contribution < -0.4 is 0 Å². The number of halogens is 3. The summed E-state index contributed by atoms with van der Waals surface area (Å²) in [5.74, 6) is 0. The van der Waals surface area contributed by atoms with E-state index in [-0.39, 0.29) is 12.0 Å². The van der Waals surface area contributed by atoms with Crippen molar-refractivity contribution in [2.24, 2.45) is 0 Å². The van der Waals surface area contributed by atoms with E-state index in [0.29, 0.717) is 6.42 Å². The van der Waals surface area contributed by atoms with Gasteiger partial charge in [-0.15, -0.1) is 0 Å². The van der Waals surface area contributed by atoms with Gasteiger partial charge in [0.15, 0.2) is 0 Å². The van der Waals surface area contributed by atoms with E-state index in [0.717, 1.165) is 0 Å². The fraction of sp³-hybridized carbons (Fsp3) is 0.600. The van der Waals surface area contributed by atoms with E-state index in [9.17, 15) is 13.2 Å². The second-order valence-electron chi connectivity index (χ2n) is 1.77. The van der Waals surface area contributed by atoms with E-state index >= 15 is 0 Å². The minimum Gasteiger partial charge on any atom is -0.166 e. The maximum absolute atomic E-state index is 11.4. The predicted octanol–water partition coefficient (Wildman–Crippen LogP) is 2.27. The van der Waals surface area contributed by atoms with Crippen molar-refractivity contribution in [3.05, 3.63) is 11.6 Å². The number of hydrogen-bond donors (Lipinski definition) is 0. The summed E-state index contributed by atoms with van der Waals surface area (Å²) in [6.07, 6.45) is -2.02. The fourth-order valence-corrected chi connectivity index (χ4v) is 0.546. The molecule has 0 saturated carbocycles. The van der Waals surface area contributed by atoms with Crippen molar-refractivity contribution in [1.29, 1.82) is 0 Å². The average Bonchev–Trinajstić information content (AvgIpc) is 1.16. The number of alkyl halides is 3. The average molecular weight is 122 g/mol. The van der Waals surface area contributed by atoms with Crippen molar-refractivity contribution in [2.45, 2.75) is 19.0 Å². The third-order valence-corrected chi connectivity index (χ3v) is 1.17. The summed E-state index contributed by atoms with van der Waals surface area (Å²) in [5.41, 5.74) is -0.363. The van der Waals surface area contributed by atoms with Crippen LogP contribution in [0.15, 0.2) is 11.6 Å². The van der Waals surface area contributed by atoms with Crippen LogP contribution in [0.1, 0.15) is 12.8 Å². The summed E-state index contributed by atoms with van der Waals surface area (Å²) in [6.45, 7) is 0. The summed E-state index contributed by atoms with van der Waals surface area (Å²) < 4.78 is 34.3. The lowest BCUT2D eigenvalue weighted by Crippen LogP contribution is -2.15. The molecule has 0 aromatic rings. The molecule has 0 N–H and O–H groups in total. The summed E-state index contributed by atoms with van der Waals surface area (Å²) in [6, 6.07) is 0. The first kappa shape index (κ1) is 5.66. The van der Waals surface area contributed by atoms with Crippen LogP contribution in [0.25, 0.3) is 0 Å². The first-order valence-corrected chi connectivity index (χ1v) is 2.37. The second kappa shape index (κ2) is 1.50. The van der Waals surface area contributed by atoms with Gasteiger partial charge in [-0.2, -0.15) is 13.2 Å². The third-order valence-electron chi connectivity index (χ3n) is 1.17. The SMILES string of the molecule is FC(F)(F)C1=CCC1. The molecular weight excluding hydrogens is 117 g/mol. The maximum Gasteiger partial charge on any atom is 0.412 e. The number of rotatable bonds is 0. The topological polar surface area (TPSA) is 0 Å². The Kier molecular flexibility index (Phi) is 1.06. The molecular formula is C5H5F3. The summed E-state index contributed by atoms with van der Waals surface area (Å²) in [4.78, 5) is 0. The van der Waals surface area contributed by atoms with Gasteiger partial charge < -0.3 is 0 Å². The van der Waals surface area contributed by atoms with Gasteiger partial charge in [0.05, 0.1) is 0 Å². The Morgan fingerprint density at radius 2 is 1.88 bits per heavy atom. The lowest BCUT2D eigenvalue weighted by Gasteiger charge is -2.16. The largest absolute Gasteiger partial charge is 0.412 e. The highest BCUT2D eigenvalue weighted by Crippen LogP contribution is 2.34. The molecule has 0 atom stereocenters. The zero-order valence-electron chi connectivity index (χ0n) is 4.13. The van der Waals surface area contributed by atoms with Crippen LogP contribution in [0.2, 0.25) is 0 Å². The molecule has 46 valence electrons. The van der Waals surface area contributed by atoms with Crippen molar-refractivity contribution >= 4 is 0 Å². The smallest absolute Gasteiger partial charge is 0.166 e. The Balaban J connectivity index is 2.59. The Bertz CT molecular complexity index is 120. The van der Waals surface area contributed by atoms with Gasteiger partial charge in [0.25, 0.3) is 0 Å². The lowest BCUT2D eigenvalue weighted by molar-refractivity contribution is -0.0968. The number of hydrogen-bond acceptors (Lipinski definition) is 0. The highest BCUT2D eigenvalue weighted by atomic mass is 19.4. The first-order chi connectivity index (χ1) is 3.61. The molecule has 0 aromatic carbocycles. The molecule has 0 unspecified atom stereocenters. The van der Waals surface area contributed by atoms with Crippen molar-refractivity contribution in [2.75, 3.05) is 0 Å². The fourth-order valence-electron chi connectivity index (χ4n) is 0.546. The van der Waals surface area contributed by atoms with Crippen molar-refractivity contribution in [1.82, 2.24) is 0 Å². The van der Waals surface area contributed by atoms with E-state index < -0.39 is 6.18 Å². The highest BCUT2D eigenvalue weighted by Gasteiger charge is 2.35. The minimum atomic E-state index is -4.04. The zero-order chi connectivity index (χ0) is 6.20. The Morgan fingerprint density at radius 3 is 1.88 bits per heavy atom. The molecule has 0 saturated heterocycles. The standard InChI is InChI=1S/C5H5F3/c6-5(7,8)4-2-1-3-4/h2H,1,3H2. The monoisotopic (exact) mass is 122 g/mol. The Morgan fingerprint density at radius 1 is 1.38 bits per heavy atom. The molecule has 1 aliphatic carbocycles. The van der Waals surface area contributed by atoms with Crippen LogP contribution in [0.4, 0.5) is 13.2 Å². The molecule has 1 rings (SSSR count). The molecule has 0 fully saturated rings. The third kappa shape index (κ3) is 0.854. The quantitative estimate of drug-likeness (QED) is 0.432. The van der Waals surface area contributed by atoms with E-state index in [1.807, 2.05) is 0 Å². The van der Waals surface area contributed by atoms with E-state index in [1.54, 1.807) is 0 Å². The molecule has 0 heterocycles. The van der Waals surface area contributed by atoms with Crippen molar-refractivity contribution in [3.63, 3.8) is 0 Å². The van der Waals surface area contributed by atoms with Gasteiger partial charge >= 0.3 is 6.18 Å². The van der Waals surface area contributed by atoms with Gasteiger partial charge in [-0.3, -0.25) is 0 Å². The lowest BCUT2D eigenvalue weighted by atomic mass is 9.99. The van der Waals surface area contributed by atoms with Crippen molar-refractivity contribution in [3.8, 4) is 0 Å². The van der Waals surface area contributed by atoms with Gasteiger partial charge in [0.1, 0.15) is 0 Å². The van der Waals surface area contributed by atoms with Crippen LogP contribution in [-0.4, -0.2) is 6.18 Å². The van der Waals surface area contributed by atoms with Gasteiger partial charge in [-0.05, 0) is 12.8 Å². The van der Waals surface area contributed by atoms with Gasteiger partial charge in [0.2, 0.25) is 0 Å². The Hall–Kier alpha value is -0.470. The van der Waals surface area contributed by atoms with Gasteiger partial charge in [-0.25, -0.2) is 0 Å². The first-order valence-electron chi connectivity index (χ1n) is 2.37. The van der Waals surface area contributed by atoms with E-state index in [4.69, 9.17) is 0 Å². The molecule has 0 aromatic heterocycles. The van der Waals surface area contributed by atoms with Crippen LogP contribution >= 0.6 is 0 Å². The molecule has 0 radical (unpaired) electrons. The molecule has 0 spiro atoms. The van der Waals surface area contributed by atoms with E-state index in [1.165, 1.54) is 6.08 Å². The minimum absolute atomic E-state index is 0.212. The van der Waals surface area contributed by atoms with Crippen molar-refractivity contribution < 1.29 is 13.2 Å². The summed E-state index contributed by atoms with van der Waals surface area (Å²) in [7, 11) is 0. The normalized spacial score (nSPS) is 19.6. The van der Waals surface area contributed by atoms with Crippen LogP contribution in [0.5, 0.6) is 0 Å². The Labute approximate surface area is 45.0 Å². The molecule has 8 heavy (non-hydrogen) atoms. The summed E-state index contributed by atoms with van der Waals surface area (Å²) >= 11 is 0. The van der Waals surface area contributed by atoms with Crippen LogP contribution in [0.3, 0.4) is 0 Å². The van der Waals surface area contributed by atoms with Gasteiger partial charge in [0, 0.05) is 5.57 Å². The van der Waals surface area contributed by atoms with E-state index in [2.05, 4.69) is 0 Å². The summed E-state index contributed by atoms with van der Waals surface area (Å²) in [5, 5.41) is 0. The molecule has 3 heteroatoms.